The summed E-state index contributed by atoms with van der Waals surface area (Å²) in [6.45, 7) is 4.68. The lowest BCUT2D eigenvalue weighted by atomic mass is 9.63. The number of allylic oxidation sites excluding steroid dienone is 3. The summed E-state index contributed by atoms with van der Waals surface area (Å²) in [5, 5.41) is 26.3. The van der Waals surface area contributed by atoms with Gasteiger partial charge in [0.25, 0.3) is 5.91 Å². The van der Waals surface area contributed by atoms with Crippen molar-refractivity contribution in [1.29, 1.82) is 0 Å². The van der Waals surface area contributed by atoms with E-state index in [-0.39, 0.29) is 53.9 Å². The molecule has 0 aromatic carbocycles. The van der Waals surface area contributed by atoms with Gasteiger partial charge in [-0.3, -0.25) is 19.2 Å². The third-order valence-corrected chi connectivity index (χ3v) is 9.99. The monoisotopic (exact) mass is 510 g/mol. The van der Waals surface area contributed by atoms with Gasteiger partial charge < -0.3 is 20.8 Å². The molecule has 5 aliphatic rings. The minimum atomic E-state index is -1.20. The highest BCUT2D eigenvalue weighted by Gasteiger charge is 2.58. The number of aliphatic hydroxyl groups excluding tert-OH is 2. The average Bonchev–Trinajstić information content (AvgIpc) is 3.48. The molecule has 10 atom stereocenters. The lowest BCUT2D eigenvalue weighted by Crippen LogP contribution is -2.42. The van der Waals surface area contributed by atoms with E-state index in [4.69, 9.17) is 0 Å². The topological polar surface area (TPSA) is 133 Å². The molecule has 5 rings (SSSR count). The first-order valence-electron chi connectivity index (χ1n) is 13.8. The fraction of sp³-hybridized carbons (Fsp3) is 0.655. The van der Waals surface area contributed by atoms with Gasteiger partial charge in [-0.2, -0.15) is 0 Å². The molecule has 10 unspecified atom stereocenters. The van der Waals surface area contributed by atoms with E-state index in [2.05, 4.69) is 24.5 Å². The van der Waals surface area contributed by atoms with Crippen molar-refractivity contribution in [3.63, 3.8) is 0 Å². The van der Waals surface area contributed by atoms with Crippen molar-refractivity contribution in [2.24, 2.45) is 47.3 Å². The van der Waals surface area contributed by atoms with Crippen molar-refractivity contribution in [1.82, 2.24) is 10.6 Å². The molecular weight excluding hydrogens is 472 g/mol. The number of carbonyl (C=O) groups excluding carboxylic acids is 4. The van der Waals surface area contributed by atoms with Crippen LogP contribution in [0, 0.1) is 47.3 Å². The first-order valence-corrected chi connectivity index (χ1v) is 13.8. The number of amides is 2. The molecule has 2 bridgehead atoms. The molecule has 8 heteroatoms. The number of ketones is 2. The lowest BCUT2D eigenvalue weighted by molar-refractivity contribution is -0.131. The molecule has 2 heterocycles. The molecule has 1 saturated heterocycles. The molecule has 0 aromatic rings. The second-order valence-corrected chi connectivity index (χ2v) is 11.7. The number of nitrogens with one attached hydrogen (secondary N) is 2. The number of aliphatic hydroxyl groups is 2. The van der Waals surface area contributed by atoms with Crippen molar-refractivity contribution in [2.45, 2.75) is 64.5 Å². The van der Waals surface area contributed by atoms with E-state index in [9.17, 15) is 29.4 Å². The van der Waals surface area contributed by atoms with E-state index < -0.39 is 29.6 Å². The van der Waals surface area contributed by atoms with Crippen molar-refractivity contribution < 1.29 is 29.4 Å². The Kier molecular flexibility index (Phi) is 7.14. The third-order valence-electron chi connectivity index (χ3n) is 9.99. The van der Waals surface area contributed by atoms with Crippen LogP contribution in [-0.2, 0) is 19.2 Å². The maximum absolute atomic E-state index is 13.5. The molecule has 37 heavy (non-hydrogen) atoms. The van der Waals surface area contributed by atoms with Crippen LogP contribution in [0.4, 0.5) is 0 Å². The highest BCUT2D eigenvalue weighted by atomic mass is 16.3. The Bertz CT molecular complexity index is 1080. The maximum Gasteiger partial charge on any atom is 0.259 e. The van der Waals surface area contributed by atoms with Crippen LogP contribution in [0.2, 0.25) is 0 Å². The zero-order chi connectivity index (χ0) is 26.4. The molecule has 0 aromatic heterocycles. The van der Waals surface area contributed by atoms with Crippen molar-refractivity contribution >= 4 is 23.4 Å². The summed E-state index contributed by atoms with van der Waals surface area (Å²) in [5.74, 6) is 0.507. The van der Waals surface area contributed by atoms with Crippen molar-refractivity contribution in [3.05, 3.63) is 35.6 Å². The Morgan fingerprint density at radius 1 is 1.08 bits per heavy atom. The summed E-state index contributed by atoms with van der Waals surface area (Å²) in [6.07, 6.45) is 9.70. The Labute approximate surface area is 217 Å². The van der Waals surface area contributed by atoms with E-state index in [1.165, 1.54) is 18.6 Å². The predicted molar refractivity (Wildman–Crippen MR) is 136 cm³/mol. The minimum Gasteiger partial charge on any atom is -0.507 e. The van der Waals surface area contributed by atoms with E-state index in [0.29, 0.717) is 36.5 Å². The summed E-state index contributed by atoms with van der Waals surface area (Å²) in [5.41, 5.74) is -0.372. The zero-order valence-corrected chi connectivity index (χ0v) is 21.6. The number of fused-ring (bicyclic) bond motifs is 7. The molecule has 8 nitrogen and oxygen atoms in total. The summed E-state index contributed by atoms with van der Waals surface area (Å²) >= 11 is 0. The molecule has 4 fully saturated rings. The van der Waals surface area contributed by atoms with Crippen LogP contribution in [0.15, 0.2) is 35.6 Å². The van der Waals surface area contributed by atoms with Crippen LogP contribution in [-0.4, -0.2) is 52.3 Å². The van der Waals surface area contributed by atoms with E-state index in [1.807, 2.05) is 6.08 Å². The van der Waals surface area contributed by atoms with Crippen molar-refractivity contribution in [2.75, 3.05) is 6.54 Å². The summed E-state index contributed by atoms with van der Waals surface area (Å²) in [4.78, 5) is 51.2. The molecule has 0 spiro atoms. The highest BCUT2D eigenvalue weighted by Crippen LogP contribution is 2.61. The van der Waals surface area contributed by atoms with Gasteiger partial charge in [-0.05, 0) is 79.3 Å². The van der Waals surface area contributed by atoms with Crippen LogP contribution < -0.4 is 10.6 Å². The van der Waals surface area contributed by atoms with Gasteiger partial charge in [-0.15, -0.1) is 0 Å². The Hall–Kier alpha value is -2.74. The number of rotatable bonds is 1. The zero-order valence-electron chi connectivity index (χ0n) is 21.6. The second-order valence-electron chi connectivity index (χ2n) is 11.7. The molecule has 2 aliphatic heterocycles. The molecule has 3 saturated carbocycles. The smallest absolute Gasteiger partial charge is 0.259 e. The Balaban J connectivity index is 1.47. The fourth-order valence-corrected chi connectivity index (χ4v) is 8.25. The standard InChI is InChI=1S/C29H38N2O6/c1-3-15-11-17-12-19-18-5-4-6-23(35)30-10-9-21(33)27-28(36)26(29(37)31-27)20(32)8-7-16(18)13-22(34)25(19)24(17)14(15)2/h4,6-8,14-19,21,24-25,27,32-33H,3,5,9-13H2,1-2H3,(H,30,35)(H,31,37)/b6-4-,8-7+,26-20-. The van der Waals surface area contributed by atoms with Gasteiger partial charge in [0.05, 0.1) is 6.10 Å². The van der Waals surface area contributed by atoms with Crippen molar-refractivity contribution in [3.8, 4) is 0 Å². The van der Waals surface area contributed by atoms with Crippen LogP contribution >= 0.6 is 0 Å². The van der Waals surface area contributed by atoms with Gasteiger partial charge in [0.1, 0.15) is 23.2 Å². The third kappa shape index (κ3) is 4.58. The van der Waals surface area contributed by atoms with Gasteiger partial charge in [0.15, 0.2) is 5.78 Å². The van der Waals surface area contributed by atoms with Crippen LogP contribution in [0.1, 0.15) is 52.4 Å². The minimum absolute atomic E-state index is 0.0374. The van der Waals surface area contributed by atoms with Crippen LogP contribution in [0.25, 0.3) is 0 Å². The van der Waals surface area contributed by atoms with E-state index in [1.54, 1.807) is 6.08 Å². The normalized spacial score (nSPS) is 46.0. The largest absolute Gasteiger partial charge is 0.507 e. The van der Waals surface area contributed by atoms with Gasteiger partial charge in [-0.1, -0.05) is 32.4 Å². The number of hydrogen-bond donors (Lipinski definition) is 4. The van der Waals surface area contributed by atoms with Gasteiger partial charge >= 0.3 is 0 Å². The maximum atomic E-state index is 13.5. The summed E-state index contributed by atoms with van der Waals surface area (Å²) in [6, 6.07) is -1.17. The summed E-state index contributed by atoms with van der Waals surface area (Å²) < 4.78 is 0. The number of hydrogen-bond acceptors (Lipinski definition) is 6. The first-order chi connectivity index (χ1) is 17.7. The van der Waals surface area contributed by atoms with Crippen LogP contribution in [0.5, 0.6) is 0 Å². The number of Topliss-reactive ketones (excluding diaryl/α,β-unsaturated/α-hetero) is 2. The number of carbonyl (C=O) groups is 4. The van der Waals surface area contributed by atoms with Crippen LogP contribution in [0.3, 0.4) is 0 Å². The first kappa shape index (κ1) is 25.9. The highest BCUT2D eigenvalue weighted by molar-refractivity contribution is 6.27. The van der Waals surface area contributed by atoms with Gasteiger partial charge in [-0.25, -0.2) is 0 Å². The molecule has 0 radical (unpaired) electrons. The molecule has 3 aliphatic carbocycles. The Morgan fingerprint density at radius 3 is 2.62 bits per heavy atom. The van der Waals surface area contributed by atoms with E-state index in [0.717, 1.165) is 12.8 Å². The molecule has 2 amide bonds. The molecule has 200 valence electrons. The molecule has 4 N–H and O–H groups in total. The quantitative estimate of drug-likeness (QED) is 0.401. The second kappa shape index (κ2) is 10.2. The fourth-order valence-electron chi connectivity index (χ4n) is 8.25. The SMILES string of the molecule is CCC1CC2CC3C4C/C=C\C(=O)NCCC(O)C5NC(=O)/C(=C(O)/C=C/C4CC(=O)C3C2C1C)C5=O. The Morgan fingerprint density at radius 2 is 1.86 bits per heavy atom. The predicted octanol–water partition coefficient (Wildman–Crippen LogP) is 2.39. The van der Waals surface area contributed by atoms with Gasteiger partial charge in [0, 0.05) is 18.9 Å². The molecular formula is C29H38N2O6. The van der Waals surface area contributed by atoms with E-state index >= 15 is 0 Å². The van der Waals surface area contributed by atoms with Gasteiger partial charge in [0.2, 0.25) is 5.91 Å². The summed E-state index contributed by atoms with van der Waals surface area (Å²) in [7, 11) is 0. The lowest BCUT2D eigenvalue weighted by Gasteiger charge is -2.40. The average molecular weight is 511 g/mol.